The molecule has 3 rings (SSSR count). The second kappa shape index (κ2) is 3.07. The van der Waals surface area contributed by atoms with Crippen LogP contribution in [0.2, 0.25) is 0 Å². The van der Waals surface area contributed by atoms with Crippen LogP contribution in [0.1, 0.15) is 25.0 Å². The fourth-order valence-corrected chi connectivity index (χ4v) is 1.90. The van der Waals surface area contributed by atoms with E-state index in [0.717, 1.165) is 24.1 Å². The summed E-state index contributed by atoms with van der Waals surface area (Å²) in [5, 5.41) is 4.50. The molecule has 0 radical (unpaired) electrons. The van der Waals surface area contributed by atoms with Crippen molar-refractivity contribution in [2.45, 2.75) is 31.2 Å². The van der Waals surface area contributed by atoms with E-state index < -0.39 is 0 Å². The van der Waals surface area contributed by atoms with Crippen LogP contribution < -0.4 is 5.73 Å². The van der Waals surface area contributed by atoms with Crippen LogP contribution in [0.4, 0.5) is 0 Å². The molecule has 0 atom stereocenters. The lowest BCUT2D eigenvalue weighted by molar-refractivity contribution is 0.601. The van der Waals surface area contributed by atoms with Crippen LogP contribution in [0.3, 0.4) is 0 Å². The molecule has 78 valence electrons. The van der Waals surface area contributed by atoms with Gasteiger partial charge in [0.05, 0.1) is 11.2 Å². The Morgan fingerprint density at radius 2 is 2.27 bits per heavy atom. The molecule has 1 aliphatic carbocycles. The molecule has 0 aromatic carbocycles. The normalized spacial score (nSPS) is 18.2. The Hall–Kier alpha value is -1.35. The molecule has 0 aliphatic heterocycles. The standard InChI is InChI=1S/C12H15N3/c13-12(6-7-12)5-4-10-9-11-3-1-2-8-15(11)14-10/h1-3,8-9H,4-7,13H2. The first-order valence-electron chi connectivity index (χ1n) is 5.47. The molecule has 15 heavy (non-hydrogen) atoms. The van der Waals surface area contributed by atoms with Crippen LogP contribution in [0.15, 0.2) is 30.5 Å². The van der Waals surface area contributed by atoms with Gasteiger partial charge in [0, 0.05) is 11.7 Å². The molecule has 2 N–H and O–H groups in total. The third kappa shape index (κ3) is 1.75. The van der Waals surface area contributed by atoms with Crippen LogP contribution >= 0.6 is 0 Å². The Kier molecular flexibility index (Phi) is 1.83. The summed E-state index contributed by atoms with van der Waals surface area (Å²) in [6, 6.07) is 8.25. The van der Waals surface area contributed by atoms with Crippen molar-refractivity contribution < 1.29 is 0 Å². The van der Waals surface area contributed by atoms with Gasteiger partial charge in [0.2, 0.25) is 0 Å². The number of hydrogen-bond donors (Lipinski definition) is 1. The number of nitrogens with two attached hydrogens (primary N) is 1. The number of pyridine rings is 1. The number of fused-ring (bicyclic) bond motifs is 1. The van der Waals surface area contributed by atoms with Gasteiger partial charge < -0.3 is 5.73 Å². The van der Waals surface area contributed by atoms with Crippen molar-refractivity contribution in [1.82, 2.24) is 9.61 Å². The molecule has 2 heterocycles. The second-order valence-electron chi connectivity index (χ2n) is 4.57. The topological polar surface area (TPSA) is 43.3 Å². The van der Waals surface area contributed by atoms with Gasteiger partial charge in [-0.25, -0.2) is 4.52 Å². The average Bonchev–Trinajstić information content (AvgIpc) is 2.83. The predicted molar refractivity (Wildman–Crippen MR) is 59.7 cm³/mol. The molecule has 0 saturated heterocycles. The van der Waals surface area contributed by atoms with Gasteiger partial charge in [0.25, 0.3) is 0 Å². The summed E-state index contributed by atoms with van der Waals surface area (Å²) in [5.74, 6) is 0. The zero-order valence-electron chi connectivity index (χ0n) is 8.69. The highest BCUT2D eigenvalue weighted by Crippen LogP contribution is 2.36. The van der Waals surface area contributed by atoms with Crippen LogP contribution in [-0.4, -0.2) is 15.2 Å². The number of nitrogens with zero attached hydrogens (tertiary/aromatic N) is 2. The quantitative estimate of drug-likeness (QED) is 0.822. The first kappa shape index (κ1) is 8.92. The van der Waals surface area contributed by atoms with Gasteiger partial charge in [0.15, 0.2) is 0 Å². The Labute approximate surface area is 88.9 Å². The predicted octanol–water partition coefficient (Wildman–Crippen LogP) is 1.76. The summed E-state index contributed by atoms with van der Waals surface area (Å²) in [5.41, 5.74) is 8.50. The van der Waals surface area contributed by atoms with Crippen molar-refractivity contribution in [3.05, 3.63) is 36.2 Å². The van der Waals surface area contributed by atoms with E-state index in [0.29, 0.717) is 0 Å². The molecular formula is C12H15N3. The molecule has 0 unspecified atom stereocenters. The number of rotatable bonds is 3. The highest BCUT2D eigenvalue weighted by atomic mass is 15.2. The Morgan fingerprint density at radius 3 is 3.00 bits per heavy atom. The van der Waals surface area contributed by atoms with Crippen LogP contribution in [-0.2, 0) is 6.42 Å². The first-order chi connectivity index (χ1) is 7.25. The molecule has 1 fully saturated rings. The van der Waals surface area contributed by atoms with Gasteiger partial charge in [-0.2, -0.15) is 5.10 Å². The van der Waals surface area contributed by atoms with E-state index in [1.54, 1.807) is 0 Å². The van der Waals surface area contributed by atoms with Crippen molar-refractivity contribution in [1.29, 1.82) is 0 Å². The van der Waals surface area contributed by atoms with E-state index >= 15 is 0 Å². The monoisotopic (exact) mass is 201 g/mol. The summed E-state index contributed by atoms with van der Waals surface area (Å²) in [7, 11) is 0. The first-order valence-corrected chi connectivity index (χ1v) is 5.47. The van der Waals surface area contributed by atoms with Crippen molar-refractivity contribution >= 4 is 5.52 Å². The maximum absolute atomic E-state index is 6.05. The largest absolute Gasteiger partial charge is 0.325 e. The number of aryl methyl sites for hydroxylation is 1. The van der Waals surface area contributed by atoms with E-state index in [9.17, 15) is 0 Å². The number of hydrogen-bond acceptors (Lipinski definition) is 2. The molecule has 0 amide bonds. The molecule has 3 heteroatoms. The minimum absolute atomic E-state index is 0.135. The number of aromatic nitrogens is 2. The van der Waals surface area contributed by atoms with Crippen molar-refractivity contribution in [3.8, 4) is 0 Å². The molecule has 3 nitrogen and oxygen atoms in total. The molecule has 1 saturated carbocycles. The third-order valence-electron chi connectivity index (χ3n) is 3.19. The van der Waals surface area contributed by atoms with Gasteiger partial charge in [0.1, 0.15) is 0 Å². The van der Waals surface area contributed by atoms with Gasteiger partial charge in [-0.05, 0) is 43.9 Å². The lowest BCUT2D eigenvalue weighted by Crippen LogP contribution is -2.22. The minimum Gasteiger partial charge on any atom is -0.325 e. The van der Waals surface area contributed by atoms with E-state index in [1.807, 2.05) is 22.8 Å². The van der Waals surface area contributed by atoms with Crippen molar-refractivity contribution in [2.75, 3.05) is 0 Å². The molecule has 0 bridgehead atoms. The Balaban J connectivity index is 1.79. The van der Waals surface area contributed by atoms with Gasteiger partial charge >= 0.3 is 0 Å². The summed E-state index contributed by atoms with van der Waals surface area (Å²) >= 11 is 0. The zero-order chi connectivity index (χ0) is 10.3. The lowest BCUT2D eigenvalue weighted by atomic mass is 10.1. The summed E-state index contributed by atoms with van der Waals surface area (Å²) < 4.78 is 1.92. The van der Waals surface area contributed by atoms with Crippen molar-refractivity contribution in [3.63, 3.8) is 0 Å². The highest BCUT2D eigenvalue weighted by molar-refractivity contribution is 5.46. The lowest BCUT2D eigenvalue weighted by Gasteiger charge is -2.04. The van der Waals surface area contributed by atoms with E-state index in [2.05, 4.69) is 17.2 Å². The highest BCUT2D eigenvalue weighted by Gasteiger charge is 2.37. The van der Waals surface area contributed by atoms with Gasteiger partial charge in [-0.1, -0.05) is 6.07 Å². The minimum atomic E-state index is 0.135. The van der Waals surface area contributed by atoms with Crippen molar-refractivity contribution in [2.24, 2.45) is 5.73 Å². The fraction of sp³-hybridized carbons (Fsp3) is 0.417. The molecular weight excluding hydrogens is 186 g/mol. The van der Waals surface area contributed by atoms with Crippen LogP contribution in [0.25, 0.3) is 5.52 Å². The maximum Gasteiger partial charge on any atom is 0.0664 e. The smallest absolute Gasteiger partial charge is 0.0664 e. The molecule has 2 aromatic rings. The van der Waals surface area contributed by atoms with E-state index in [1.165, 1.54) is 12.8 Å². The average molecular weight is 201 g/mol. The zero-order valence-corrected chi connectivity index (χ0v) is 8.69. The second-order valence-corrected chi connectivity index (χ2v) is 4.57. The Bertz CT molecular complexity index is 449. The third-order valence-corrected chi connectivity index (χ3v) is 3.19. The van der Waals surface area contributed by atoms with E-state index in [-0.39, 0.29) is 5.54 Å². The van der Waals surface area contributed by atoms with Gasteiger partial charge in [-0.15, -0.1) is 0 Å². The summed E-state index contributed by atoms with van der Waals surface area (Å²) in [6.45, 7) is 0. The maximum atomic E-state index is 6.05. The van der Waals surface area contributed by atoms with Crippen LogP contribution in [0, 0.1) is 0 Å². The molecule has 2 aromatic heterocycles. The van der Waals surface area contributed by atoms with Crippen LogP contribution in [0.5, 0.6) is 0 Å². The van der Waals surface area contributed by atoms with E-state index in [4.69, 9.17) is 5.73 Å². The molecule has 1 aliphatic rings. The summed E-state index contributed by atoms with van der Waals surface area (Å²) in [4.78, 5) is 0. The SMILES string of the molecule is NC1(CCc2cc3ccccn3n2)CC1. The Morgan fingerprint density at radius 1 is 1.40 bits per heavy atom. The molecule has 0 spiro atoms. The fourth-order valence-electron chi connectivity index (χ4n) is 1.90. The summed E-state index contributed by atoms with van der Waals surface area (Å²) in [6.07, 6.45) is 6.41. The van der Waals surface area contributed by atoms with Gasteiger partial charge in [-0.3, -0.25) is 0 Å².